The summed E-state index contributed by atoms with van der Waals surface area (Å²) in [7, 11) is -6.56. The zero-order valence-corrected chi connectivity index (χ0v) is 22.0. The first-order chi connectivity index (χ1) is 16.1. The zero-order chi connectivity index (χ0) is 24.8. The molecule has 0 aromatic heterocycles. The number of carbonyl (C=O) groups excluding carboxylic acids is 1. The molecule has 180 valence electrons. The predicted molar refractivity (Wildman–Crippen MR) is 140 cm³/mol. The van der Waals surface area contributed by atoms with Crippen LogP contribution in [0.2, 0.25) is 5.04 Å². The smallest absolute Gasteiger partial charge is 0.261 e. The van der Waals surface area contributed by atoms with E-state index in [2.05, 4.69) is 49.8 Å². The Balaban J connectivity index is 1.85. The highest BCUT2D eigenvalue weighted by Gasteiger charge is 2.50. The Hall–Kier alpha value is -2.58. The Kier molecular flexibility index (Phi) is 8.25. The third-order valence-electron chi connectivity index (χ3n) is 5.97. The summed E-state index contributed by atoms with van der Waals surface area (Å²) < 4.78 is 34.8. The van der Waals surface area contributed by atoms with E-state index < -0.39 is 24.4 Å². The summed E-state index contributed by atoms with van der Waals surface area (Å²) in [5, 5.41) is 2.07. The molecular formula is C27H33NO4SSi. The van der Waals surface area contributed by atoms with E-state index in [1.54, 1.807) is 24.3 Å². The monoisotopic (exact) mass is 495 g/mol. The summed E-state index contributed by atoms with van der Waals surface area (Å²) in [4.78, 5) is 11.9. The van der Waals surface area contributed by atoms with Gasteiger partial charge in [-0.1, -0.05) is 99.1 Å². The molecule has 0 aliphatic heterocycles. The van der Waals surface area contributed by atoms with Crippen LogP contribution in [0.25, 0.3) is 0 Å². The highest BCUT2D eigenvalue weighted by molar-refractivity contribution is 7.89. The summed E-state index contributed by atoms with van der Waals surface area (Å²) in [6.45, 7) is 8.66. The van der Waals surface area contributed by atoms with Gasteiger partial charge in [0.15, 0.2) is 0 Å². The van der Waals surface area contributed by atoms with Crippen molar-refractivity contribution >= 4 is 35.0 Å². The Morgan fingerprint density at radius 3 is 1.82 bits per heavy atom. The molecule has 0 spiro atoms. The highest BCUT2D eigenvalue weighted by Crippen LogP contribution is 2.36. The molecule has 3 aromatic carbocycles. The first-order valence-electron chi connectivity index (χ1n) is 11.4. The minimum Gasteiger partial charge on any atom is -0.407 e. The van der Waals surface area contributed by atoms with Gasteiger partial charge >= 0.3 is 0 Å². The Morgan fingerprint density at radius 1 is 0.882 bits per heavy atom. The van der Waals surface area contributed by atoms with Gasteiger partial charge in [0.2, 0.25) is 10.0 Å². The quantitative estimate of drug-likeness (QED) is 0.343. The predicted octanol–water partition coefficient (Wildman–Crippen LogP) is 3.81. The maximum atomic E-state index is 12.8. The minimum absolute atomic E-state index is 0.137. The van der Waals surface area contributed by atoms with Gasteiger partial charge in [-0.05, 0) is 40.9 Å². The first-order valence-corrected chi connectivity index (χ1v) is 14.8. The first kappa shape index (κ1) is 26.0. The van der Waals surface area contributed by atoms with Crippen molar-refractivity contribution in [1.82, 2.24) is 4.72 Å². The summed E-state index contributed by atoms with van der Waals surface area (Å²) in [5.74, 6) is 0. The van der Waals surface area contributed by atoms with E-state index in [9.17, 15) is 13.2 Å². The van der Waals surface area contributed by atoms with Crippen molar-refractivity contribution in [3.63, 3.8) is 0 Å². The second-order valence-corrected chi connectivity index (χ2v) is 15.5. The topological polar surface area (TPSA) is 72.5 Å². The van der Waals surface area contributed by atoms with Gasteiger partial charge in [-0.25, -0.2) is 13.1 Å². The molecule has 1 N–H and O–H groups in total. The van der Waals surface area contributed by atoms with Gasteiger partial charge < -0.3 is 9.22 Å². The minimum atomic E-state index is -3.81. The fourth-order valence-electron chi connectivity index (χ4n) is 4.24. The van der Waals surface area contributed by atoms with Gasteiger partial charge in [0, 0.05) is 6.61 Å². The Bertz CT molecular complexity index is 1140. The maximum Gasteiger partial charge on any atom is 0.261 e. The molecule has 0 amide bonds. The SMILES string of the molecule is Cc1ccc(S(=O)(=O)N[C@H](C=O)CCO[Si](c2ccccc2)(c2ccccc2)C(C)(C)C)cc1. The fraction of sp³-hybridized carbons (Fsp3) is 0.296. The van der Waals surface area contributed by atoms with Crippen molar-refractivity contribution in [3.8, 4) is 0 Å². The molecule has 7 heteroatoms. The van der Waals surface area contributed by atoms with Crippen LogP contribution in [0.5, 0.6) is 0 Å². The van der Waals surface area contributed by atoms with Crippen LogP contribution in [-0.2, 0) is 19.2 Å². The Labute approximate surface area is 204 Å². The normalized spacial score (nSPS) is 13.4. The van der Waals surface area contributed by atoms with Crippen molar-refractivity contribution in [1.29, 1.82) is 0 Å². The zero-order valence-electron chi connectivity index (χ0n) is 20.2. The second-order valence-electron chi connectivity index (χ2n) is 9.48. The van der Waals surface area contributed by atoms with E-state index in [0.717, 1.165) is 15.9 Å². The van der Waals surface area contributed by atoms with Crippen LogP contribution in [0.3, 0.4) is 0 Å². The standard InChI is InChI=1S/C27H33NO4SSi/c1-22-15-17-24(18-16-22)33(30,31)28-23(21-29)19-20-32-34(27(2,3)4,25-11-7-5-8-12-25)26-13-9-6-10-14-26/h5-18,21,23,28H,19-20H2,1-4H3/t23-/m0/s1. The highest BCUT2D eigenvalue weighted by atomic mass is 32.2. The number of benzene rings is 3. The average molecular weight is 496 g/mol. The Morgan fingerprint density at radius 2 is 1.38 bits per heavy atom. The van der Waals surface area contributed by atoms with E-state index in [4.69, 9.17) is 4.43 Å². The number of nitrogens with one attached hydrogen (secondary N) is 1. The number of aryl methyl sites for hydroxylation is 1. The van der Waals surface area contributed by atoms with E-state index in [1.165, 1.54) is 0 Å². The molecular weight excluding hydrogens is 462 g/mol. The lowest BCUT2D eigenvalue weighted by atomic mass is 10.2. The summed E-state index contributed by atoms with van der Waals surface area (Å²) in [6, 6.07) is 26.1. The molecule has 0 unspecified atom stereocenters. The molecule has 0 saturated carbocycles. The molecule has 0 radical (unpaired) electrons. The lowest BCUT2D eigenvalue weighted by molar-refractivity contribution is -0.109. The third-order valence-corrected chi connectivity index (χ3v) is 12.5. The van der Waals surface area contributed by atoms with Crippen LogP contribution in [0.4, 0.5) is 0 Å². The van der Waals surface area contributed by atoms with Gasteiger partial charge in [0.05, 0.1) is 10.9 Å². The molecule has 0 fully saturated rings. The molecule has 0 aliphatic rings. The van der Waals surface area contributed by atoms with E-state index in [0.29, 0.717) is 6.29 Å². The van der Waals surface area contributed by atoms with E-state index in [1.807, 2.05) is 43.3 Å². The lowest BCUT2D eigenvalue weighted by Crippen LogP contribution is -2.66. The molecule has 0 aliphatic carbocycles. The summed E-state index contributed by atoms with van der Waals surface area (Å²) in [5.41, 5.74) is 0.963. The van der Waals surface area contributed by atoms with Gasteiger partial charge in [-0.15, -0.1) is 0 Å². The van der Waals surface area contributed by atoms with Gasteiger partial charge in [0.25, 0.3) is 8.32 Å². The van der Waals surface area contributed by atoms with E-state index in [-0.39, 0.29) is 23.0 Å². The number of sulfonamides is 1. The van der Waals surface area contributed by atoms with Crippen molar-refractivity contribution in [2.45, 2.75) is 50.1 Å². The lowest BCUT2D eigenvalue weighted by Gasteiger charge is -2.43. The summed E-state index contributed by atoms with van der Waals surface area (Å²) >= 11 is 0. The molecule has 3 aromatic rings. The van der Waals surface area contributed by atoms with Crippen molar-refractivity contribution < 1.29 is 17.6 Å². The van der Waals surface area contributed by atoms with Gasteiger partial charge in [0.1, 0.15) is 6.29 Å². The molecule has 5 nitrogen and oxygen atoms in total. The van der Waals surface area contributed by atoms with Crippen molar-refractivity contribution in [2.75, 3.05) is 6.61 Å². The second kappa shape index (κ2) is 10.8. The van der Waals surface area contributed by atoms with Crippen LogP contribution < -0.4 is 15.1 Å². The number of hydrogen-bond acceptors (Lipinski definition) is 4. The van der Waals surface area contributed by atoms with Gasteiger partial charge in [-0.2, -0.15) is 0 Å². The number of carbonyl (C=O) groups is 1. The molecule has 0 bridgehead atoms. The van der Waals surface area contributed by atoms with Crippen LogP contribution in [0.15, 0.2) is 89.8 Å². The molecule has 1 atom stereocenters. The number of hydrogen-bond donors (Lipinski definition) is 1. The fourth-order valence-corrected chi connectivity index (χ4v) is 10.0. The van der Waals surface area contributed by atoms with Gasteiger partial charge in [-0.3, -0.25) is 0 Å². The third kappa shape index (κ3) is 5.72. The molecule has 0 heterocycles. The van der Waals surface area contributed by atoms with Crippen LogP contribution in [0.1, 0.15) is 32.8 Å². The van der Waals surface area contributed by atoms with Crippen LogP contribution in [0, 0.1) is 6.92 Å². The van der Waals surface area contributed by atoms with Crippen molar-refractivity contribution in [3.05, 3.63) is 90.5 Å². The molecule has 34 heavy (non-hydrogen) atoms. The van der Waals surface area contributed by atoms with E-state index >= 15 is 0 Å². The molecule has 3 rings (SSSR count). The largest absolute Gasteiger partial charge is 0.407 e. The summed E-state index contributed by atoms with van der Waals surface area (Å²) in [6.07, 6.45) is 0.875. The van der Waals surface area contributed by atoms with Crippen LogP contribution >= 0.6 is 0 Å². The maximum absolute atomic E-state index is 12.8. The average Bonchev–Trinajstić information content (AvgIpc) is 2.81. The molecule has 0 saturated heterocycles. The number of aldehydes is 1. The number of rotatable bonds is 10. The van der Waals surface area contributed by atoms with Crippen molar-refractivity contribution in [2.24, 2.45) is 0 Å². The van der Waals surface area contributed by atoms with Crippen LogP contribution in [-0.4, -0.2) is 35.7 Å².